The van der Waals surface area contributed by atoms with Crippen LogP contribution in [0, 0.1) is 0 Å². The van der Waals surface area contributed by atoms with E-state index in [0.717, 1.165) is 22.3 Å². The van der Waals surface area contributed by atoms with Gasteiger partial charge in [-0.15, -0.1) is 0 Å². The number of aryl methyl sites for hydroxylation is 1. The monoisotopic (exact) mass is 460 g/mol. The average Bonchev–Trinajstić information content (AvgIpc) is 3.36. The summed E-state index contributed by atoms with van der Waals surface area (Å²) in [6.07, 6.45) is 2.71. The van der Waals surface area contributed by atoms with Crippen molar-refractivity contribution in [2.24, 2.45) is 7.05 Å². The number of carbonyl (C=O) groups excluding carboxylic acids is 2. The maximum atomic E-state index is 13.1. The molecule has 1 aromatic heterocycles. The van der Waals surface area contributed by atoms with E-state index in [1.54, 1.807) is 13.2 Å². The lowest BCUT2D eigenvalue weighted by Gasteiger charge is -2.39. The highest BCUT2D eigenvalue weighted by Crippen LogP contribution is 2.44. The molecule has 174 valence electrons. The van der Waals surface area contributed by atoms with Gasteiger partial charge in [-0.2, -0.15) is 5.10 Å². The van der Waals surface area contributed by atoms with E-state index in [-0.39, 0.29) is 12.5 Å². The molecule has 9 heteroatoms. The number of ether oxygens (including phenoxy) is 1. The molecule has 2 heterocycles. The lowest BCUT2D eigenvalue weighted by Crippen LogP contribution is -2.58. The minimum atomic E-state index is -1.09. The van der Waals surface area contributed by atoms with Crippen molar-refractivity contribution in [1.29, 1.82) is 0 Å². The number of carboxylic acids is 1. The summed E-state index contributed by atoms with van der Waals surface area (Å²) < 4.78 is 7.10. The van der Waals surface area contributed by atoms with Crippen LogP contribution in [0.15, 0.2) is 60.9 Å². The largest absolute Gasteiger partial charge is 0.480 e. The van der Waals surface area contributed by atoms with Crippen LogP contribution in [0.4, 0.5) is 4.79 Å². The number of likely N-dealkylation sites (tertiary alicyclic amines) is 1. The molecule has 2 aromatic carbocycles. The first-order valence-corrected chi connectivity index (χ1v) is 11.1. The third-order valence-corrected chi connectivity index (χ3v) is 6.50. The molecule has 2 N–H and O–H groups in total. The zero-order valence-electron chi connectivity index (χ0n) is 18.5. The fraction of sp³-hybridized carbons (Fsp3) is 0.280. The van der Waals surface area contributed by atoms with Gasteiger partial charge in [0.05, 0.1) is 6.20 Å². The van der Waals surface area contributed by atoms with Gasteiger partial charge in [-0.3, -0.25) is 9.48 Å². The van der Waals surface area contributed by atoms with Crippen molar-refractivity contribution in [2.75, 3.05) is 13.2 Å². The van der Waals surface area contributed by atoms with Crippen LogP contribution in [0.2, 0.25) is 0 Å². The SMILES string of the molecule is Cn1cc(C(NC(=O)OCC2c3ccccc3-c3ccccc32)C(=O)N2CCC2C(=O)O)cn1. The molecule has 1 fully saturated rings. The summed E-state index contributed by atoms with van der Waals surface area (Å²) in [6, 6.07) is 14.1. The molecule has 1 saturated heterocycles. The highest BCUT2D eigenvalue weighted by Gasteiger charge is 2.41. The van der Waals surface area contributed by atoms with Crippen molar-refractivity contribution >= 4 is 18.0 Å². The van der Waals surface area contributed by atoms with Gasteiger partial charge in [-0.25, -0.2) is 9.59 Å². The summed E-state index contributed by atoms with van der Waals surface area (Å²) >= 11 is 0. The molecular formula is C25H24N4O5. The number of hydrogen-bond acceptors (Lipinski definition) is 5. The number of nitrogens with one attached hydrogen (secondary N) is 1. The number of hydrogen-bond donors (Lipinski definition) is 2. The molecule has 2 amide bonds. The molecule has 0 spiro atoms. The number of aromatic nitrogens is 2. The Kier molecular flexibility index (Phi) is 5.53. The second kappa shape index (κ2) is 8.66. The average molecular weight is 460 g/mol. The van der Waals surface area contributed by atoms with E-state index in [9.17, 15) is 19.5 Å². The maximum Gasteiger partial charge on any atom is 0.408 e. The molecule has 34 heavy (non-hydrogen) atoms. The Balaban J connectivity index is 1.32. The van der Waals surface area contributed by atoms with Crippen LogP contribution in [0.5, 0.6) is 0 Å². The normalized spacial score (nSPS) is 17.3. The lowest BCUT2D eigenvalue weighted by molar-refractivity contribution is -0.158. The number of rotatable bonds is 6. The van der Waals surface area contributed by atoms with Crippen LogP contribution in [-0.4, -0.2) is 57.0 Å². The molecular weight excluding hydrogens is 436 g/mol. The smallest absolute Gasteiger partial charge is 0.408 e. The number of benzene rings is 2. The summed E-state index contributed by atoms with van der Waals surface area (Å²) in [5.74, 6) is -1.68. The Morgan fingerprint density at radius 2 is 1.76 bits per heavy atom. The fourth-order valence-corrected chi connectivity index (χ4v) is 4.71. The predicted molar refractivity (Wildman–Crippen MR) is 122 cm³/mol. The van der Waals surface area contributed by atoms with E-state index < -0.39 is 30.1 Å². The van der Waals surface area contributed by atoms with Gasteiger partial charge < -0.3 is 20.1 Å². The van der Waals surface area contributed by atoms with Gasteiger partial charge in [0.25, 0.3) is 5.91 Å². The molecule has 3 aromatic rings. The molecule has 1 aliphatic heterocycles. The second-order valence-corrected chi connectivity index (χ2v) is 8.52. The molecule has 0 bridgehead atoms. The zero-order chi connectivity index (χ0) is 23.8. The van der Waals surface area contributed by atoms with Gasteiger partial charge in [0.2, 0.25) is 0 Å². The number of nitrogens with zero attached hydrogens (tertiary/aromatic N) is 3. The van der Waals surface area contributed by atoms with E-state index in [2.05, 4.69) is 22.5 Å². The minimum Gasteiger partial charge on any atom is -0.480 e. The lowest BCUT2D eigenvalue weighted by atomic mass is 9.98. The molecule has 9 nitrogen and oxygen atoms in total. The van der Waals surface area contributed by atoms with E-state index in [1.165, 1.54) is 15.8 Å². The molecule has 1 aliphatic carbocycles. The van der Waals surface area contributed by atoms with Gasteiger partial charge in [0, 0.05) is 31.3 Å². The highest BCUT2D eigenvalue weighted by molar-refractivity contribution is 5.91. The topological polar surface area (TPSA) is 114 Å². The second-order valence-electron chi connectivity index (χ2n) is 8.52. The van der Waals surface area contributed by atoms with Crippen molar-refractivity contribution in [3.8, 4) is 11.1 Å². The molecule has 2 unspecified atom stereocenters. The van der Waals surface area contributed by atoms with Crippen molar-refractivity contribution < 1.29 is 24.2 Å². The maximum absolute atomic E-state index is 13.1. The molecule has 0 saturated carbocycles. The summed E-state index contributed by atoms with van der Waals surface area (Å²) in [5.41, 5.74) is 4.86. The van der Waals surface area contributed by atoms with E-state index in [4.69, 9.17) is 4.74 Å². The highest BCUT2D eigenvalue weighted by atomic mass is 16.5. The van der Waals surface area contributed by atoms with Gasteiger partial charge in [0.15, 0.2) is 0 Å². The number of aliphatic carboxylic acids is 1. The van der Waals surface area contributed by atoms with E-state index in [1.807, 2.05) is 36.4 Å². The standard InChI is InChI=1S/C25H24N4O5/c1-28-13-15(12-26-28)22(23(30)29-11-10-21(29)24(31)32)27-25(33)34-14-20-18-8-4-2-6-16(18)17-7-3-5-9-19(17)20/h2-9,12-13,20-22H,10-11,14H2,1H3,(H,27,33)(H,31,32). The van der Waals surface area contributed by atoms with Gasteiger partial charge in [-0.1, -0.05) is 48.5 Å². The summed E-state index contributed by atoms with van der Waals surface area (Å²) in [4.78, 5) is 38.6. The quantitative estimate of drug-likeness (QED) is 0.585. The first kappa shape index (κ1) is 21.7. The van der Waals surface area contributed by atoms with Crippen LogP contribution in [-0.2, 0) is 21.4 Å². The van der Waals surface area contributed by atoms with Crippen molar-refractivity contribution in [1.82, 2.24) is 20.0 Å². The molecule has 0 radical (unpaired) electrons. The summed E-state index contributed by atoms with van der Waals surface area (Å²) in [5, 5.41) is 16.0. The number of amides is 2. The van der Waals surface area contributed by atoms with Crippen molar-refractivity contribution in [3.05, 3.63) is 77.6 Å². The van der Waals surface area contributed by atoms with Gasteiger partial charge in [0.1, 0.15) is 18.7 Å². The number of carboxylic acid groups (broad SMARTS) is 1. The summed E-state index contributed by atoms with van der Waals surface area (Å²) in [7, 11) is 1.70. The fourth-order valence-electron chi connectivity index (χ4n) is 4.71. The van der Waals surface area contributed by atoms with Crippen LogP contribution in [0.1, 0.15) is 35.1 Å². The number of alkyl carbamates (subject to hydrolysis) is 1. The van der Waals surface area contributed by atoms with Gasteiger partial charge >= 0.3 is 12.1 Å². The van der Waals surface area contributed by atoms with Gasteiger partial charge in [-0.05, 0) is 28.7 Å². The Labute approximate surface area is 195 Å². The molecule has 5 rings (SSSR count). The van der Waals surface area contributed by atoms with Crippen molar-refractivity contribution in [3.63, 3.8) is 0 Å². The first-order chi connectivity index (χ1) is 16.4. The van der Waals surface area contributed by atoms with Crippen LogP contribution in [0.3, 0.4) is 0 Å². The van der Waals surface area contributed by atoms with E-state index >= 15 is 0 Å². The van der Waals surface area contributed by atoms with Crippen molar-refractivity contribution in [2.45, 2.75) is 24.4 Å². The Morgan fingerprint density at radius 3 is 2.29 bits per heavy atom. The third kappa shape index (κ3) is 3.79. The van der Waals surface area contributed by atoms with Crippen LogP contribution >= 0.6 is 0 Å². The minimum absolute atomic E-state index is 0.106. The Bertz CT molecular complexity index is 1220. The van der Waals surface area contributed by atoms with Crippen LogP contribution in [0.25, 0.3) is 11.1 Å². The van der Waals surface area contributed by atoms with E-state index in [0.29, 0.717) is 18.5 Å². The first-order valence-electron chi connectivity index (χ1n) is 11.1. The summed E-state index contributed by atoms with van der Waals surface area (Å²) in [6.45, 7) is 0.425. The van der Waals surface area contributed by atoms with Crippen LogP contribution < -0.4 is 5.32 Å². The number of carbonyl (C=O) groups is 3. The Morgan fingerprint density at radius 1 is 1.12 bits per heavy atom. The number of fused-ring (bicyclic) bond motifs is 3. The zero-order valence-corrected chi connectivity index (χ0v) is 18.5. The molecule has 2 aliphatic rings. The Hall–Kier alpha value is -4.14. The predicted octanol–water partition coefficient (Wildman–Crippen LogP) is 2.69. The molecule has 2 atom stereocenters. The third-order valence-electron chi connectivity index (χ3n) is 6.50.